The SMILES string of the molecule is Nc1nc2nc(Cc3ccc(O)cc3F)[nH]c2c(=O)[nH]1. The topological polar surface area (TPSA) is 121 Å². The number of aromatic nitrogens is 4. The summed E-state index contributed by atoms with van der Waals surface area (Å²) in [5, 5.41) is 9.15. The second kappa shape index (κ2) is 4.34. The van der Waals surface area contributed by atoms with E-state index in [1.165, 1.54) is 12.1 Å². The quantitative estimate of drug-likeness (QED) is 0.547. The van der Waals surface area contributed by atoms with Gasteiger partial charge in [-0.25, -0.2) is 9.37 Å². The number of anilines is 1. The number of nitrogens with one attached hydrogen (secondary N) is 2. The van der Waals surface area contributed by atoms with Gasteiger partial charge in [0.05, 0.1) is 0 Å². The van der Waals surface area contributed by atoms with Gasteiger partial charge in [-0.2, -0.15) is 4.98 Å². The molecule has 0 saturated heterocycles. The summed E-state index contributed by atoms with van der Waals surface area (Å²) in [5.41, 5.74) is 5.69. The first-order valence-electron chi connectivity index (χ1n) is 5.74. The van der Waals surface area contributed by atoms with Crippen molar-refractivity contribution in [2.45, 2.75) is 6.42 Å². The minimum atomic E-state index is -0.549. The van der Waals surface area contributed by atoms with Gasteiger partial charge >= 0.3 is 0 Å². The molecule has 5 N–H and O–H groups in total. The van der Waals surface area contributed by atoms with Crippen molar-refractivity contribution in [3.05, 3.63) is 45.8 Å². The van der Waals surface area contributed by atoms with E-state index in [9.17, 15) is 9.18 Å². The van der Waals surface area contributed by atoms with Crippen LogP contribution in [0.5, 0.6) is 5.75 Å². The maximum atomic E-state index is 13.6. The number of phenolic OH excluding ortho intramolecular Hbond substituents is 1. The number of nitrogens with two attached hydrogens (primary N) is 1. The molecule has 2 heterocycles. The maximum absolute atomic E-state index is 13.6. The highest BCUT2D eigenvalue weighted by Gasteiger charge is 2.11. The molecule has 0 aliphatic rings. The molecule has 0 aliphatic heterocycles. The number of halogens is 1. The van der Waals surface area contributed by atoms with Crippen LogP contribution >= 0.6 is 0 Å². The molecule has 2 aromatic heterocycles. The van der Waals surface area contributed by atoms with Crippen LogP contribution in [-0.4, -0.2) is 25.0 Å². The number of aromatic amines is 2. The molecule has 20 heavy (non-hydrogen) atoms. The van der Waals surface area contributed by atoms with E-state index >= 15 is 0 Å². The van der Waals surface area contributed by atoms with Gasteiger partial charge in [0.15, 0.2) is 11.2 Å². The van der Waals surface area contributed by atoms with E-state index in [0.29, 0.717) is 11.4 Å². The summed E-state index contributed by atoms with van der Waals surface area (Å²) in [7, 11) is 0. The van der Waals surface area contributed by atoms with E-state index < -0.39 is 11.4 Å². The van der Waals surface area contributed by atoms with E-state index in [1.54, 1.807) is 0 Å². The third kappa shape index (κ3) is 2.07. The Bertz CT molecular complexity index is 855. The number of imidazole rings is 1. The standard InChI is InChI=1S/C12H10FN5O2/c13-7-4-6(19)2-1-5(7)3-8-15-9-10(16-8)17-12(14)18-11(9)20/h1-2,4,19H,3H2,(H4,14,15,16,17,18,20). The number of fused-ring (bicyclic) bond motifs is 1. The van der Waals surface area contributed by atoms with Crippen molar-refractivity contribution in [2.24, 2.45) is 0 Å². The monoisotopic (exact) mass is 275 g/mol. The first kappa shape index (κ1) is 12.2. The van der Waals surface area contributed by atoms with Crippen molar-refractivity contribution in [3.8, 4) is 5.75 Å². The van der Waals surface area contributed by atoms with Gasteiger partial charge in [-0.05, 0) is 11.6 Å². The predicted octanol–water partition coefficient (Wildman–Crippen LogP) is 0.664. The Morgan fingerprint density at radius 3 is 2.85 bits per heavy atom. The smallest absolute Gasteiger partial charge is 0.278 e. The Kier molecular flexibility index (Phi) is 2.63. The number of aromatic hydroxyl groups is 1. The summed E-state index contributed by atoms with van der Waals surface area (Å²) < 4.78 is 13.6. The molecule has 0 aliphatic carbocycles. The normalized spacial score (nSPS) is 11.1. The number of nitrogen functional groups attached to an aromatic ring is 1. The van der Waals surface area contributed by atoms with Crippen LogP contribution in [0.2, 0.25) is 0 Å². The third-order valence-corrected chi connectivity index (χ3v) is 2.82. The Labute approximate surface area is 111 Å². The number of rotatable bonds is 2. The molecule has 0 atom stereocenters. The van der Waals surface area contributed by atoms with Crippen molar-refractivity contribution >= 4 is 17.1 Å². The number of hydrogen-bond donors (Lipinski definition) is 4. The average molecular weight is 275 g/mol. The van der Waals surface area contributed by atoms with Crippen LogP contribution < -0.4 is 11.3 Å². The molecular formula is C12H10FN5O2. The highest BCUT2D eigenvalue weighted by molar-refractivity contribution is 5.70. The van der Waals surface area contributed by atoms with Gasteiger partial charge in [0.1, 0.15) is 17.4 Å². The number of H-pyrrole nitrogens is 2. The average Bonchev–Trinajstić information content (AvgIpc) is 2.75. The molecule has 0 bridgehead atoms. The fourth-order valence-electron chi connectivity index (χ4n) is 1.92. The number of phenols is 1. The molecule has 0 unspecified atom stereocenters. The van der Waals surface area contributed by atoms with Crippen LogP contribution in [0.25, 0.3) is 11.2 Å². The largest absolute Gasteiger partial charge is 0.508 e. The molecule has 3 aromatic rings. The minimum Gasteiger partial charge on any atom is -0.508 e. The van der Waals surface area contributed by atoms with Crippen LogP contribution in [0.15, 0.2) is 23.0 Å². The summed E-state index contributed by atoms with van der Waals surface area (Å²) in [6.07, 6.45) is 0.141. The molecule has 3 rings (SSSR count). The fourth-order valence-corrected chi connectivity index (χ4v) is 1.92. The molecule has 8 heteroatoms. The molecule has 102 valence electrons. The fraction of sp³-hybridized carbons (Fsp3) is 0.0833. The summed E-state index contributed by atoms with van der Waals surface area (Å²) in [6, 6.07) is 3.84. The highest BCUT2D eigenvalue weighted by Crippen LogP contribution is 2.18. The second-order valence-corrected chi connectivity index (χ2v) is 4.29. The summed E-state index contributed by atoms with van der Waals surface area (Å²) in [6.45, 7) is 0. The van der Waals surface area contributed by atoms with Gasteiger partial charge in [0.2, 0.25) is 5.95 Å². The predicted molar refractivity (Wildman–Crippen MR) is 69.8 cm³/mol. The van der Waals surface area contributed by atoms with Gasteiger partial charge in [-0.1, -0.05) is 6.07 Å². The van der Waals surface area contributed by atoms with E-state index in [1.807, 2.05) is 0 Å². The Morgan fingerprint density at radius 1 is 1.30 bits per heavy atom. The van der Waals surface area contributed by atoms with E-state index in [-0.39, 0.29) is 29.3 Å². The number of nitrogens with zero attached hydrogens (tertiary/aromatic N) is 2. The lowest BCUT2D eigenvalue weighted by atomic mass is 10.1. The zero-order valence-electron chi connectivity index (χ0n) is 10.1. The van der Waals surface area contributed by atoms with Crippen LogP contribution in [0.1, 0.15) is 11.4 Å². The highest BCUT2D eigenvalue weighted by atomic mass is 19.1. The van der Waals surface area contributed by atoms with Crippen molar-refractivity contribution in [2.75, 3.05) is 5.73 Å². The molecular weight excluding hydrogens is 265 g/mol. The molecule has 0 spiro atoms. The van der Waals surface area contributed by atoms with E-state index in [0.717, 1.165) is 6.07 Å². The lowest BCUT2D eigenvalue weighted by Gasteiger charge is -2.00. The van der Waals surface area contributed by atoms with Crippen molar-refractivity contribution in [1.29, 1.82) is 0 Å². The lowest BCUT2D eigenvalue weighted by Crippen LogP contribution is -2.10. The molecule has 0 saturated carbocycles. The molecule has 0 fully saturated rings. The lowest BCUT2D eigenvalue weighted by molar-refractivity contribution is 0.468. The van der Waals surface area contributed by atoms with Crippen molar-refractivity contribution in [1.82, 2.24) is 19.9 Å². The number of benzene rings is 1. The zero-order chi connectivity index (χ0) is 14.3. The summed E-state index contributed by atoms with van der Waals surface area (Å²) >= 11 is 0. The van der Waals surface area contributed by atoms with Crippen molar-refractivity contribution < 1.29 is 9.50 Å². The Balaban J connectivity index is 2.03. The van der Waals surface area contributed by atoms with Crippen LogP contribution in [-0.2, 0) is 6.42 Å². The Morgan fingerprint density at radius 2 is 2.10 bits per heavy atom. The Hall–Kier alpha value is -2.90. The molecule has 0 amide bonds. The maximum Gasteiger partial charge on any atom is 0.278 e. The van der Waals surface area contributed by atoms with Gasteiger partial charge in [0, 0.05) is 12.5 Å². The van der Waals surface area contributed by atoms with Crippen molar-refractivity contribution in [3.63, 3.8) is 0 Å². The van der Waals surface area contributed by atoms with Crippen LogP contribution in [0.3, 0.4) is 0 Å². The van der Waals surface area contributed by atoms with Gasteiger partial charge in [-0.3, -0.25) is 9.78 Å². The third-order valence-electron chi connectivity index (χ3n) is 2.82. The van der Waals surface area contributed by atoms with Crippen LogP contribution in [0.4, 0.5) is 10.3 Å². The summed E-state index contributed by atoms with van der Waals surface area (Å²) in [4.78, 5) is 24.7. The number of hydrogen-bond acceptors (Lipinski definition) is 5. The van der Waals surface area contributed by atoms with E-state index in [2.05, 4.69) is 19.9 Å². The molecule has 0 radical (unpaired) electrons. The first-order chi connectivity index (χ1) is 9.52. The van der Waals surface area contributed by atoms with Gasteiger partial charge in [-0.15, -0.1) is 0 Å². The van der Waals surface area contributed by atoms with E-state index in [4.69, 9.17) is 10.8 Å². The van der Waals surface area contributed by atoms with Gasteiger partial charge in [0.25, 0.3) is 5.56 Å². The minimum absolute atomic E-state index is 0.0311. The summed E-state index contributed by atoms with van der Waals surface area (Å²) in [5.74, 6) is -0.349. The zero-order valence-corrected chi connectivity index (χ0v) is 10.1. The van der Waals surface area contributed by atoms with Gasteiger partial charge < -0.3 is 15.8 Å². The van der Waals surface area contributed by atoms with Crippen LogP contribution in [0, 0.1) is 5.82 Å². The molecule has 1 aromatic carbocycles. The molecule has 7 nitrogen and oxygen atoms in total. The first-order valence-corrected chi connectivity index (χ1v) is 5.74. The second-order valence-electron chi connectivity index (χ2n) is 4.29.